The smallest absolute Gasteiger partial charge is 0.00191 e. The van der Waals surface area contributed by atoms with Crippen LogP contribution in [-0.4, -0.2) is 0 Å². The second-order valence-electron chi connectivity index (χ2n) is 10.6. The lowest BCUT2D eigenvalue weighted by Crippen LogP contribution is -2.21. The van der Waals surface area contributed by atoms with Crippen molar-refractivity contribution in [3.8, 4) is 0 Å². The summed E-state index contributed by atoms with van der Waals surface area (Å²) in [6.45, 7) is 9.76. The Morgan fingerprint density at radius 1 is 0.382 bits per heavy atom. The third-order valence-electron chi connectivity index (χ3n) is 8.67. The molecule has 0 bridgehead atoms. The molecule has 174 valence electrons. The van der Waals surface area contributed by atoms with E-state index in [0.29, 0.717) is 47.3 Å². The average Bonchev–Trinajstić information content (AvgIpc) is 3.68. The monoisotopic (exact) mass is 446 g/mol. The minimum Gasteiger partial charge on any atom is -0.0770 e. The third-order valence-corrected chi connectivity index (χ3v) is 8.67. The summed E-state index contributed by atoms with van der Waals surface area (Å²) >= 11 is 0. The molecule has 1 aromatic rings. The van der Waals surface area contributed by atoms with Gasteiger partial charge in [-0.25, -0.2) is 0 Å². The van der Waals surface area contributed by atoms with Crippen LogP contribution in [0.3, 0.4) is 0 Å². The Hall–Kier alpha value is -2.86. The van der Waals surface area contributed by atoms with Gasteiger partial charge in [0.25, 0.3) is 0 Å². The van der Waals surface area contributed by atoms with Crippen molar-refractivity contribution in [3.05, 3.63) is 132 Å². The van der Waals surface area contributed by atoms with Crippen LogP contribution in [0.1, 0.15) is 73.6 Å². The van der Waals surface area contributed by atoms with Crippen LogP contribution in [0.4, 0.5) is 0 Å². The van der Waals surface area contributed by atoms with Gasteiger partial charge in [0.15, 0.2) is 0 Å². The highest BCUT2D eigenvalue weighted by molar-refractivity contribution is 5.52. The molecule has 0 saturated carbocycles. The van der Waals surface area contributed by atoms with E-state index in [9.17, 15) is 0 Å². The molecule has 0 aliphatic heterocycles. The number of rotatable bonds is 8. The van der Waals surface area contributed by atoms with Crippen LogP contribution in [0.5, 0.6) is 0 Å². The van der Waals surface area contributed by atoms with Gasteiger partial charge >= 0.3 is 0 Å². The molecular weight excluding hydrogens is 408 g/mol. The van der Waals surface area contributed by atoms with Crippen LogP contribution in [0.15, 0.2) is 109 Å². The molecule has 4 atom stereocenters. The third kappa shape index (κ3) is 4.20. The standard InChI is InChI=1S/C34H38/c1-23(27-13-5-6-14-27)31-21-22-32(24(2)28-15-7-8-16-28)34(26(4)30-19-11-12-20-30)33(31)25(3)29-17-9-10-18-29/h5-30H,1-4H3. The van der Waals surface area contributed by atoms with E-state index in [1.54, 1.807) is 11.1 Å². The molecule has 0 radical (unpaired) electrons. The zero-order valence-corrected chi connectivity index (χ0v) is 21.0. The molecule has 34 heavy (non-hydrogen) atoms. The number of hydrogen-bond donors (Lipinski definition) is 0. The zero-order valence-electron chi connectivity index (χ0n) is 21.0. The predicted octanol–water partition coefficient (Wildman–Crippen LogP) is 9.07. The maximum atomic E-state index is 2.48. The van der Waals surface area contributed by atoms with Crippen LogP contribution in [0, 0.1) is 23.7 Å². The summed E-state index contributed by atoms with van der Waals surface area (Å²) in [5.74, 6) is 3.65. The van der Waals surface area contributed by atoms with Crippen molar-refractivity contribution < 1.29 is 0 Å². The SMILES string of the molecule is CC(c1ccc(C(C)C2C=CC=C2)c(C(C)C2C=CC=C2)c1C(C)C1C=CC=C1)C1C=CC=C1. The van der Waals surface area contributed by atoms with Gasteiger partial charge in [-0.05, 0) is 45.9 Å². The van der Waals surface area contributed by atoms with Crippen molar-refractivity contribution in [2.75, 3.05) is 0 Å². The van der Waals surface area contributed by atoms with E-state index in [1.807, 2.05) is 0 Å². The van der Waals surface area contributed by atoms with E-state index >= 15 is 0 Å². The van der Waals surface area contributed by atoms with Gasteiger partial charge in [0.05, 0.1) is 0 Å². The first-order chi connectivity index (χ1) is 16.6. The van der Waals surface area contributed by atoms with E-state index in [1.165, 1.54) is 11.1 Å². The molecule has 4 aliphatic carbocycles. The van der Waals surface area contributed by atoms with E-state index in [2.05, 4.69) is 137 Å². The summed E-state index contributed by atoms with van der Waals surface area (Å²) < 4.78 is 0. The number of hydrogen-bond acceptors (Lipinski definition) is 0. The van der Waals surface area contributed by atoms with Gasteiger partial charge in [-0.15, -0.1) is 0 Å². The lowest BCUT2D eigenvalue weighted by molar-refractivity contribution is 0.558. The normalized spacial score (nSPS) is 23.2. The molecule has 0 nitrogen and oxygen atoms in total. The Labute approximate surface area is 206 Å². The van der Waals surface area contributed by atoms with Gasteiger partial charge in [0.2, 0.25) is 0 Å². The molecule has 4 unspecified atom stereocenters. The Kier molecular flexibility index (Phi) is 6.59. The van der Waals surface area contributed by atoms with Crippen LogP contribution in [-0.2, 0) is 0 Å². The van der Waals surface area contributed by atoms with E-state index in [4.69, 9.17) is 0 Å². The molecule has 0 N–H and O–H groups in total. The fourth-order valence-electron chi connectivity index (χ4n) is 6.41. The number of benzene rings is 1. The maximum absolute atomic E-state index is 2.48. The van der Waals surface area contributed by atoms with Crippen molar-refractivity contribution in [1.29, 1.82) is 0 Å². The molecule has 5 rings (SSSR count). The second kappa shape index (κ2) is 9.79. The van der Waals surface area contributed by atoms with Gasteiger partial charge in [0, 0.05) is 23.7 Å². The molecule has 1 aromatic carbocycles. The number of allylic oxidation sites excluding steroid dienone is 16. The molecule has 0 heteroatoms. The van der Waals surface area contributed by atoms with Crippen molar-refractivity contribution >= 4 is 0 Å². The minimum absolute atomic E-state index is 0.440. The zero-order chi connectivity index (χ0) is 23.7. The lowest BCUT2D eigenvalue weighted by atomic mass is 9.69. The summed E-state index contributed by atoms with van der Waals surface area (Å²) in [6, 6.07) is 4.95. The van der Waals surface area contributed by atoms with Crippen LogP contribution >= 0.6 is 0 Å². The molecule has 0 fully saturated rings. The van der Waals surface area contributed by atoms with Gasteiger partial charge in [-0.2, -0.15) is 0 Å². The fraction of sp³-hybridized carbons (Fsp3) is 0.353. The van der Waals surface area contributed by atoms with Crippen LogP contribution < -0.4 is 0 Å². The van der Waals surface area contributed by atoms with E-state index in [-0.39, 0.29) is 0 Å². The van der Waals surface area contributed by atoms with Crippen molar-refractivity contribution in [3.63, 3.8) is 0 Å². The summed E-state index contributed by atoms with van der Waals surface area (Å²) in [5.41, 5.74) is 6.25. The summed E-state index contributed by atoms with van der Waals surface area (Å²) in [7, 11) is 0. The van der Waals surface area contributed by atoms with Gasteiger partial charge in [-0.3, -0.25) is 0 Å². The first kappa shape index (κ1) is 22.9. The molecule has 0 spiro atoms. The minimum atomic E-state index is 0.440. The highest BCUT2D eigenvalue weighted by Gasteiger charge is 2.33. The quantitative estimate of drug-likeness (QED) is 0.373. The molecule has 0 heterocycles. The highest BCUT2D eigenvalue weighted by atomic mass is 14.4. The van der Waals surface area contributed by atoms with Gasteiger partial charge in [0.1, 0.15) is 0 Å². The summed E-state index contributed by atoms with van der Waals surface area (Å²) in [5, 5.41) is 0. The van der Waals surface area contributed by atoms with Crippen LogP contribution in [0.25, 0.3) is 0 Å². The molecule has 4 aliphatic rings. The predicted molar refractivity (Wildman–Crippen MR) is 147 cm³/mol. The average molecular weight is 447 g/mol. The first-order valence-electron chi connectivity index (χ1n) is 13.1. The summed E-state index contributed by atoms with van der Waals surface area (Å²) in [6.07, 6.45) is 36.7. The summed E-state index contributed by atoms with van der Waals surface area (Å²) in [4.78, 5) is 0. The topological polar surface area (TPSA) is 0 Å². The fourth-order valence-corrected chi connectivity index (χ4v) is 6.41. The van der Waals surface area contributed by atoms with Crippen LogP contribution in [0.2, 0.25) is 0 Å². The Morgan fingerprint density at radius 3 is 0.882 bits per heavy atom. The van der Waals surface area contributed by atoms with Crippen molar-refractivity contribution in [2.24, 2.45) is 23.7 Å². The Morgan fingerprint density at radius 2 is 0.618 bits per heavy atom. The van der Waals surface area contributed by atoms with Crippen molar-refractivity contribution in [2.45, 2.75) is 51.4 Å². The maximum Gasteiger partial charge on any atom is 0.00191 e. The highest BCUT2D eigenvalue weighted by Crippen LogP contribution is 2.47. The lowest BCUT2D eigenvalue weighted by Gasteiger charge is -2.35. The van der Waals surface area contributed by atoms with E-state index < -0.39 is 0 Å². The molecule has 0 aromatic heterocycles. The molecule has 0 amide bonds. The first-order valence-corrected chi connectivity index (χ1v) is 13.1. The largest absolute Gasteiger partial charge is 0.0770 e. The second-order valence-corrected chi connectivity index (χ2v) is 10.6. The molecule has 0 saturated heterocycles. The molecular formula is C34H38. The Bertz CT molecular complexity index is 1010. The van der Waals surface area contributed by atoms with Crippen molar-refractivity contribution in [1.82, 2.24) is 0 Å². The Balaban J connectivity index is 1.70. The van der Waals surface area contributed by atoms with Gasteiger partial charge < -0.3 is 0 Å². The van der Waals surface area contributed by atoms with E-state index in [0.717, 1.165) is 0 Å². The van der Waals surface area contributed by atoms with Gasteiger partial charge in [-0.1, -0.05) is 137 Å².